The van der Waals surface area contributed by atoms with Crippen LogP contribution in [0.15, 0.2) is 59.5 Å². The second-order valence-electron chi connectivity index (χ2n) is 4.56. The molecule has 0 aliphatic rings. The minimum atomic E-state index is -3.71. The Labute approximate surface area is 146 Å². The average molecular weight is 445 g/mol. The van der Waals surface area contributed by atoms with E-state index in [-0.39, 0.29) is 4.90 Å². The van der Waals surface area contributed by atoms with Crippen molar-refractivity contribution in [2.24, 2.45) is 0 Å². The van der Waals surface area contributed by atoms with Gasteiger partial charge in [-0.15, -0.1) is 0 Å². The number of sulfonamides is 1. The van der Waals surface area contributed by atoms with Gasteiger partial charge >= 0.3 is 0 Å². The number of nitrogens with one attached hydrogen (secondary N) is 1. The number of benzene rings is 2. The summed E-state index contributed by atoms with van der Waals surface area (Å²) >= 11 is 7.73. The molecule has 2 aromatic carbocycles. The van der Waals surface area contributed by atoms with Crippen LogP contribution in [0.5, 0.6) is 0 Å². The number of pyridine rings is 1. The maximum Gasteiger partial charge on any atom is 0.262 e. The smallest absolute Gasteiger partial charge is 0.262 e. The van der Waals surface area contributed by atoms with Crippen LogP contribution in [0.3, 0.4) is 0 Å². The summed E-state index contributed by atoms with van der Waals surface area (Å²) in [7, 11) is -3.71. The molecule has 0 fully saturated rings. The van der Waals surface area contributed by atoms with Crippen LogP contribution in [0, 0.1) is 3.70 Å². The summed E-state index contributed by atoms with van der Waals surface area (Å²) < 4.78 is 28.4. The van der Waals surface area contributed by atoms with Crippen LogP contribution in [0.4, 0.5) is 5.69 Å². The normalized spacial score (nSPS) is 11.5. The fourth-order valence-electron chi connectivity index (χ4n) is 2.12. The van der Waals surface area contributed by atoms with Gasteiger partial charge in [-0.1, -0.05) is 48.0 Å². The number of fused-ring (bicyclic) bond motifs is 1. The lowest BCUT2D eigenvalue weighted by atomic mass is 10.1. The third-order valence-electron chi connectivity index (χ3n) is 3.10. The van der Waals surface area contributed by atoms with Crippen LogP contribution in [0.2, 0.25) is 5.15 Å². The first-order chi connectivity index (χ1) is 10.5. The molecule has 0 saturated carbocycles. The van der Waals surface area contributed by atoms with Crippen LogP contribution in [0.1, 0.15) is 0 Å². The zero-order valence-electron chi connectivity index (χ0n) is 11.1. The molecular weight excluding hydrogens is 435 g/mol. The first-order valence-electron chi connectivity index (χ1n) is 6.30. The number of aromatic nitrogens is 1. The van der Waals surface area contributed by atoms with Crippen molar-refractivity contribution in [1.29, 1.82) is 0 Å². The van der Waals surface area contributed by atoms with Crippen LogP contribution in [0.25, 0.3) is 10.8 Å². The van der Waals surface area contributed by atoms with Gasteiger partial charge in [-0.25, -0.2) is 13.4 Å². The molecule has 3 aromatic rings. The molecule has 0 aliphatic heterocycles. The number of anilines is 1. The highest BCUT2D eigenvalue weighted by Gasteiger charge is 2.18. The first-order valence-corrected chi connectivity index (χ1v) is 9.24. The molecule has 7 heteroatoms. The summed E-state index contributed by atoms with van der Waals surface area (Å²) in [6.45, 7) is 0. The van der Waals surface area contributed by atoms with Crippen molar-refractivity contribution in [3.05, 3.63) is 63.5 Å². The Morgan fingerprint density at radius 3 is 2.50 bits per heavy atom. The molecule has 0 bridgehead atoms. The van der Waals surface area contributed by atoms with Gasteiger partial charge in [0.2, 0.25) is 0 Å². The third kappa shape index (κ3) is 3.04. The summed E-state index contributed by atoms with van der Waals surface area (Å²) in [5.74, 6) is 0. The molecule has 0 saturated heterocycles. The van der Waals surface area contributed by atoms with E-state index >= 15 is 0 Å². The van der Waals surface area contributed by atoms with Gasteiger partial charge in [-0.05, 0) is 46.2 Å². The maximum absolute atomic E-state index is 12.7. The van der Waals surface area contributed by atoms with Gasteiger partial charge < -0.3 is 0 Å². The van der Waals surface area contributed by atoms with E-state index in [9.17, 15) is 8.42 Å². The first kappa shape index (κ1) is 15.5. The predicted molar refractivity (Wildman–Crippen MR) is 96.7 cm³/mol. The molecule has 3 rings (SSSR count). The quantitative estimate of drug-likeness (QED) is 0.484. The Hall–Kier alpha value is -1.38. The second kappa shape index (κ2) is 6.02. The lowest BCUT2D eigenvalue weighted by Crippen LogP contribution is -2.14. The molecule has 1 aromatic heterocycles. The Morgan fingerprint density at radius 1 is 1.00 bits per heavy atom. The van der Waals surface area contributed by atoms with Gasteiger partial charge in [0.1, 0.15) is 8.85 Å². The van der Waals surface area contributed by atoms with Crippen molar-refractivity contribution < 1.29 is 8.42 Å². The molecule has 0 spiro atoms. The lowest BCUT2D eigenvalue weighted by molar-refractivity contribution is 0.602. The third-order valence-corrected chi connectivity index (χ3v) is 5.55. The van der Waals surface area contributed by atoms with Crippen LogP contribution in [-0.4, -0.2) is 13.4 Å². The van der Waals surface area contributed by atoms with Gasteiger partial charge in [-0.3, -0.25) is 4.72 Å². The Bertz CT molecular complexity index is 955. The number of hydrogen-bond donors (Lipinski definition) is 1. The van der Waals surface area contributed by atoms with Crippen LogP contribution >= 0.6 is 34.2 Å². The highest BCUT2D eigenvalue weighted by molar-refractivity contribution is 14.1. The molecule has 0 aliphatic carbocycles. The zero-order valence-corrected chi connectivity index (χ0v) is 14.9. The summed E-state index contributed by atoms with van der Waals surface area (Å²) in [6.07, 6.45) is 0. The molecule has 4 nitrogen and oxygen atoms in total. The van der Waals surface area contributed by atoms with Crippen molar-refractivity contribution in [1.82, 2.24) is 4.98 Å². The molecule has 0 amide bonds. The largest absolute Gasteiger partial charge is 0.277 e. The van der Waals surface area contributed by atoms with Crippen molar-refractivity contribution in [3.63, 3.8) is 0 Å². The fourth-order valence-corrected chi connectivity index (χ4v) is 4.46. The Kier molecular flexibility index (Phi) is 4.24. The summed E-state index contributed by atoms with van der Waals surface area (Å²) in [5, 5.41) is 1.86. The molecule has 22 heavy (non-hydrogen) atoms. The number of rotatable bonds is 3. The highest BCUT2D eigenvalue weighted by Crippen LogP contribution is 2.26. The molecular formula is C15H10ClIN2O2S. The van der Waals surface area contributed by atoms with Crippen LogP contribution in [-0.2, 0) is 10.0 Å². The Balaban J connectivity index is 2.09. The predicted octanol–water partition coefficient (Wildman–Crippen LogP) is 4.29. The molecule has 0 atom stereocenters. The minimum absolute atomic E-state index is 0.233. The molecule has 1 N–H and O–H groups in total. The van der Waals surface area contributed by atoms with E-state index in [4.69, 9.17) is 11.6 Å². The summed E-state index contributed by atoms with van der Waals surface area (Å²) in [6, 6.07) is 15.7. The highest BCUT2D eigenvalue weighted by atomic mass is 127. The summed E-state index contributed by atoms with van der Waals surface area (Å²) in [4.78, 5) is 4.27. The maximum atomic E-state index is 12.7. The average Bonchev–Trinajstić information content (AvgIpc) is 2.49. The molecule has 1 heterocycles. The fraction of sp³-hybridized carbons (Fsp3) is 0. The zero-order chi connectivity index (χ0) is 15.7. The minimum Gasteiger partial charge on any atom is -0.277 e. The monoisotopic (exact) mass is 444 g/mol. The van der Waals surface area contributed by atoms with E-state index in [2.05, 4.69) is 9.71 Å². The lowest BCUT2D eigenvalue weighted by Gasteiger charge is -2.11. The Morgan fingerprint density at radius 2 is 1.73 bits per heavy atom. The van der Waals surface area contributed by atoms with Crippen molar-refractivity contribution in [3.8, 4) is 0 Å². The van der Waals surface area contributed by atoms with E-state index in [1.54, 1.807) is 30.3 Å². The van der Waals surface area contributed by atoms with Gasteiger partial charge in [0.15, 0.2) is 0 Å². The van der Waals surface area contributed by atoms with Crippen molar-refractivity contribution in [2.45, 2.75) is 4.90 Å². The van der Waals surface area contributed by atoms with Gasteiger partial charge in [0, 0.05) is 5.39 Å². The second-order valence-corrected chi connectivity index (χ2v) is 7.62. The molecule has 0 unspecified atom stereocenters. The van der Waals surface area contributed by atoms with E-state index in [1.165, 1.54) is 0 Å². The van der Waals surface area contributed by atoms with E-state index in [1.807, 2.05) is 46.9 Å². The number of halogens is 2. The van der Waals surface area contributed by atoms with Crippen molar-refractivity contribution in [2.75, 3.05) is 4.72 Å². The van der Waals surface area contributed by atoms with Gasteiger partial charge in [0.05, 0.1) is 10.6 Å². The van der Waals surface area contributed by atoms with E-state index in [0.29, 0.717) is 19.9 Å². The van der Waals surface area contributed by atoms with E-state index < -0.39 is 10.0 Å². The molecule has 112 valence electrons. The SMILES string of the molecule is O=S(=O)(Nc1ccc(Cl)nc1I)c1cccc2ccccc12. The number of hydrogen-bond acceptors (Lipinski definition) is 3. The summed E-state index contributed by atoms with van der Waals surface area (Å²) in [5.41, 5.74) is 0.401. The van der Waals surface area contributed by atoms with E-state index in [0.717, 1.165) is 5.39 Å². The van der Waals surface area contributed by atoms with Gasteiger partial charge in [-0.2, -0.15) is 0 Å². The topological polar surface area (TPSA) is 59.1 Å². The number of nitrogens with zero attached hydrogens (tertiary/aromatic N) is 1. The van der Waals surface area contributed by atoms with Crippen molar-refractivity contribution >= 4 is 60.7 Å². The molecule has 0 radical (unpaired) electrons. The van der Waals surface area contributed by atoms with Crippen LogP contribution < -0.4 is 4.72 Å². The standard InChI is InChI=1S/C15H10ClIN2O2S/c16-14-9-8-12(15(17)18-14)19-22(20,21)13-7-3-5-10-4-1-2-6-11(10)13/h1-9,19H. The van der Waals surface area contributed by atoms with Gasteiger partial charge in [0.25, 0.3) is 10.0 Å².